The molecule has 0 aliphatic heterocycles. The summed E-state index contributed by atoms with van der Waals surface area (Å²) >= 11 is 0. The fraction of sp³-hybridized carbons (Fsp3) is 0.312. The van der Waals surface area contributed by atoms with Crippen LogP contribution in [0.2, 0.25) is 0 Å². The molecule has 0 aliphatic rings. The minimum Gasteiger partial charge on any atom is -0.370 e. The molecule has 0 fully saturated rings. The molecule has 0 amide bonds. The first-order chi connectivity index (χ1) is 9.67. The Hall–Kier alpha value is -1.94. The Labute approximate surface area is 119 Å². The van der Waals surface area contributed by atoms with E-state index in [0.29, 0.717) is 0 Å². The second kappa shape index (κ2) is 7.01. The quantitative estimate of drug-likeness (QED) is 0.875. The Kier molecular flexibility index (Phi) is 5.07. The average molecular weight is 273 g/mol. The van der Waals surface area contributed by atoms with E-state index in [2.05, 4.69) is 15.2 Å². The van der Waals surface area contributed by atoms with Crippen molar-refractivity contribution in [2.75, 3.05) is 18.9 Å². The van der Waals surface area contributed by atoms with Crippen molar-refractivity contribution >= 4 is 5.82 Å². The summed E-state index contributed by atoms with van der Waals surface area (Å²) in [6, 6.07) is 10.8. The third kappa shape index (κ3) is 4.31. The number of nitrogens with zero attached hydrogens (tertiary/aromatic N) is 2. The van der Waals surface area contributed by atoms with Crippen molar-refractivity contribution in [1.82, 2.24) is 9.88 Å². The molecular weight excluding hydrogens is 253 g/mol. The minimum atomic E-state index is -0.186. The van der Waals surface area contributed by atoms with Crippen LogP contribution in [0.1, 0.15) is 18.1 Å². The lowest BCUT2D eigenvalue weighted by molar-refractivity contribution is 0.318. The normalized spacial score (nSPS) is 10.8. The fourth-order valence-electron chi connectivity index (χ4n) is 2.17. The summed E-state index contributed by atoms with van der Waals surface area (Å²) in [5.41, 5.74) is 2.17. The second-order valence-electron chi connectivity index (χ2n) is 4.88. The number of rotatable bonds is 6. The highest BCUT2D eigenvalue weighted by Crippen LogP contribution is 2.11. The molecule has 0 bridgehead atoms. The first kappa shape index (κ1) is 14.5. The van der Waals surface area contributed by atoms with E-state index in [4.69, 9.17) is 0 Å². The highest BCUT2D eigenvalue weighted by molar-refractivity contribution is 5.37. The molecule has 3 nitrogen and oxygen atoms in total. The lowest BCUT2D eigenvalue weighted by Gasteiger charge is -2.17. The monoisotopic (exact) mass is 273 g/mol. The van der Waals surface area contributed by atoms with Crippen LogP contribution < -0.4 is 5.32 Å². The van der Waals surface area contributed by atoms with Crippen molar-refractivity contribution in [1.29, 1.82) is 0 Å². The SMILES string of the molecule is CCNc1cc(CN(C)Cc2cccc(F)c2)ccn1. The fourth-order valence-corrected chi connectivity index (χ4v) is 2.17. The van der Waals surface area contributed by atoms with Crippen LogP contribution in [-0.4, -0.2) is 23.5 Å². The molecule has 4 heteroatoms. The maximum atomic E-state index is 13.1. The van der Waals surface area contributed by atoms with Gasteiger partial charge in [-0.05, 0) is 49.4 Å². The van der Waals surface area contributed by atoms with Crippen LogP contribution in [0.15, 0.2) is 42.6 Å². The van der Waals surface area contributed by atoms with Gasteiger partial charge in [0.1, 0.15) is 11.6 Å². The first-order valence-corrected chi connectivity index (χ1v) is 6.79. The van der Waals surface area contributed by atoms with E-state index < -0.39 is 0 Å². The van der Waals surface area contributed by atoms with Gasteiger partial charge in [0, 0.05) is 25.8 Å². The number of pyridine rings is 1. The molecule has 2 aromatic rings. The van der Waals surface area contributed by atoms with E-state index >= 15 is 0 Å². The number of hydrogen-bond acceptors (Lipinski definition) is 3. The van der Waals surface area contributed by atoms with Crippen LogP contribution in [0.5, 0.6) is 0 Å². The highest BCUT2D eigenvalue weighted by atomic mass is 19.1. The Bertz CT molecular complexity index is 557. The molecule has 1 N–H and O–H groups in total. The van der Waals surface area contributed by atoms with Crippen LogP contribution in [0.25, 0.3) is 0 Å². The molecule has 0 unspecified atom stereocenters. The van der Waals surface area contributed by atoms with Gasteiger partial charge in [-0.3, -0.25) is 4.90 Å². The van der Waals surface area contributed by atoms with Crippen molar-refractivity contribution in [2.24, 2.45) is 0 Å². The predicted molar refractivity (Wildman–Crippen MR) is 80.0 cm³/mol. The van der Waals surface area contributed by atoms with Crippen LogP contribution >= 0.6 is 0 Å². The van der Waals surface area contributed by atoms with Gasteiger partial charge in [-0.1, -0.05) is 12.1 Å². The van der Waals surface area contributed by atoms with Crippen molar-refractivity contribution in [3.8, 4) is 0 Å². The lowest BCUT2D eigenvalue weighted by atomic mass is 10.2. The van der Waals surface area contributed by atoms with Gasteiger partial charge < -0.3 is 5.32 Å². The molecule has 0 saturated carbocycles. The number of anilines is 1. The maximum absolute atomic E-state index is 13.1. The van der Waals surface area contributed by atoms with E-state index in [1.807, 2.05) is 38.4 Å². The third-order valence-corrected chi connectivity index (χ3v) is 2.98. The van der Waals surface area contributed by atoms with Gasteiger partial charge in [-0.25, -0.2) is 9.37 Å². The van der Waals surface area contributed by atoms with Crippen molar-refractivity contribution < 1.29 is 4.39 Å². The van der Waals surface area contributed by atoms with Crippen LogP contribution in [-0.2, 0) is 13.1 Å². The Balaban J connectivity index is 1.97. The molecule has 0 atom stereocenters. The first-order valence-electron chi connectivity index (χ1n) is 6.79. The molecule has 1 heterocycles. The van der Waals surface area contributed by atoms with E-state index in [1.54, 1.807) is 12.1 Å². The van der Waals surface area contributed by atoms with Crippen LogP contribution in [0, 0.1) is 5.82 Å². The minimum absolute atomic E-state index is 0.186. The highest BCUT2D eigenvalue weighted by Gasteiger charge is 2.04. The molecule has 106 valence electrons. The molecule has 0 aliphatic carbocycles. The Morgan fingerprint density at radius 1 is 1.15 bits per heavy atom. The third-order valence-electron chi connectivity index (χ3n) is 2.98. The predicted octanol–water partition coefficient (Wildman–Crippen LogP) is 3.28. The lowest BCUT2D eigenvalue weighted by Crippen LogP contribution is -2.17. The van der Waals surface area contributed by atoms with Gasteiger partial charge >= 0.3 is 0 Å². The topological polar surface area (TPSA) is 28.2 Å². The number of hydrogen-bond donors (Lipinski definition) is 1. The summed E-state index contributed by atoms with van der Waals surface area (Å²) in [4.78, 5) is 6.41. The summed E-state index contributed by atoms with van der Waals surface area (Å²) in [5, 5.41) is 3.20. The van der Waals surface area contributed by atoms with Crippen molar-refractivity contribution in [3.05, 3.63) is 59.5 Å². The van der Waals surface area contributed by atoms with Gasteiger partial charge in [0.15, 0.2) is 0 Å². The Morgan fingerprint density at radius 2 is 1.90 bits per heavy atom. The van der Waals surface area contributed by atoms with Crippen molar-refractivity contribution in [3.63, 3.8) is 0 Å². The van der Waals surface area contributed by atoms with Crippen LogP contribution in [0.4, 0.5) is 10.2 Å². The molecular formula is C16H20FN3. The second-order valence-corrected chi connectivity index (χ2v) is 4.88. The molecule has 2 rings (SSSR count). The zero-order valence-corrected chi connectivity index (χ0v) is 11.9. The molecule has 0 spiro atoms. The summed E-state index contributed by atoms with van der Waals surface area (Å²) in [5.74, 6) is 0.707. The average Bonchev–Trinajstić information content (AvgIpc) is 2.39. The van der Waals surface area contributed by atoms with Gasteiger partial charge in [-0.15, -0.1) is 0 Å². The summed E-state index contributed by atoms with van der Waals surface area (Å²) in [6.07, 6.45) is 1.81. The van der Waals surface area contributed by atoms with Gasteiger partial charge in [0.25, 0.3) is 0 Å². The number of nitrogens with one attached hydrogen (secondary N) is 1. The van der Waals surface area contributed by atoms with E-state index in [0.717, 1.165) is 31.0 Å². The molecule has 20 heavy (non-hydrogen) atoms. The zero-order chi connectivity index (χ0) is 14.4. The van der Waals surface area contributed by atoms with E-state index in [-0.39, 0.29) is 5.82 Å². The number of benzene rings is 1. The summed E-state index contributed by atoms with van der Waals surface area (Å²) < 4.78 is 13.1. The molecule has 0 saturated heterocycles. The largest absolute Gasteiger partial charge is 0.370 e. The number of aromatic nitrogens is 1. The van der Waals surface area contributed by atoms with Gasteiger partial charge in [-0.2, -0.15) is 0 Å². The summed E-state index contributed by atoms with van der Waals surface area (Å²) in [7, 11) is 2.03. The van der Waals surface area contributed by atoms with Crippen molar-refractivity contribution in [2.45, 2.75) is 20.0 Å². The molecule has 0 radical (unpaired) electrons. The summed E-state index contributed by atoms with van der Waals surface area (Å²) in [6.45, 7) is 4.42. The van der Waals surface area contributed by atoms with Gasteiger partial charge in [0.2, 0.25) is 0 Å². The Morgan fingerprint density at radius 3 is 2.60 bits per heavy atom. The zero-order valence-electron chi connectivity index (χ0n) is 11.9. The maximum Gasteiger partial charge on any atom is 0.126 e. The molecule has 1 aromatic heterocycles. The number of halogens is 1. The van der Waals surface area contributed by atoms with Gasteiger partial charge in [0.05, 0.1) is 0 Å². The van der Waals surface area contributed by atoms with Crippen LogP contribution in [0.3, 0.4) is 0 Å². The molecule has 1 aromatic carbocycles. The smallest absolute Gasteiger partial charge is 0.126 e. The van der Waals surface area contributed by atoms with E-state index in [1.165, 1.54) is 11.6 Å². The standard InChI is InChI=1S/C16H20FN3/c1-3-18-16-10-14(7-8-19-16)12-20(2)11-13-5-4-6-15(17)9-13/h4-10H,3,11-12H2,1-2H3,(H,18,19). The van der Waals surface area contributed by atoms with E-state index in [9.17, 15) is 4.39 Å².